The van der Waals surface area contributed by atoms with Crippen LogP contribution in [0.1, 0.15) is 101 Å². The smallest absolute Gasteiger partial charge is 0.357 e. The van der Waals surface area contributed by atoms with Gasteiger partial charge in [-0.15, -0.1) is 22.7 Å². The van der Waals surface area contributed by atoms with Crippen LogP contribution in [0.15, 0.2) is 58.3 Å². The van der Waals surface area contributed by atoms with Crippen LogP contribution in [-0.2, 0) is 59.6 Å². The Labute approximate surface area is 380 Å². The van der Waals surface area contributed by atoms with Crippen LogP contribution >= 0.6 is 22.7 Å². The highest BCUT2D eigenvalue weighted by molar-refractivity contribution is 7.92. The van der Waals surface area contributed by atoms with E-state index in [9.17, 15) is 36.3 Å². The predicted octanol–water partition coefficient (Wildman–Crippen LogP) is 5.80. The molecule has 2 atom stereocenters. The summed E-state index contributed by atoms with van der Waals surface area (Å²) in [7, 11) is -5.36. The normalized spacial score (nSPS) is 18.3. The number of aromatic nitrogens is 2. The number of benzene rings is 2. The number of esters is 1. The largest absolute Gasteiger partial charge is 0.464 e. The number of anilines is 2. The molecule has 0 spiro atoms. The van der Waals surface area contributed by atoms with E-state index < -0.39 is 43.8 Å². The maximum atomic E-state index is 13.2. The molecule has 2 saturated heterocycles. The van der Waals surface area contributed by atoms with Crippen LogP contribution in [-0.4, -0.2) is 106 Å². The van der Waals surface area contributed by atoms with Gasteiger partial charge in [0.2, 0.25) is 0 Å². The van der Waals surface area contributed by atoms with E-state index in [0.29, 0.717) is 105 Å². The summed E-state index contributed by atoms with van der Waals surface area (Å²) in [4.78, 5) is 48.6. The third-order valence-electron chi connectivity index (χ3n) is 11.1. The Balaban J connectivity index is 0.000000192. The molecule has 2 aromatic carbocycles. The van der Waals surface area contributed by atoms with Crippen molar-refractivity contribution < 1.29 is 60.0 Å². The zero-order valence-electron chi connectivity index (χ0n) is 35.6. The molecular weight excluding hydrogens is 909 g/mol. The van der Waals surface area contributed by atoms with Crippen molar-refractivity contribution in [2.75, 3.05) is 44.2 Å². The molecule has 2 aliphatic carbocycles. The van der Waals surface area contributed by atoms with Gasteiger partial charge in [0.05, 0.1) is 51.9 Å². The molecule has 0 bridgehead atoms. The number of rotatable bonds is 16. The zero-order valence-corrected chi connectivity index (χ0v) is 38.9. The fourth-order valence-electron chi connectivity index (χ4n) is 7.10. The van der Waals surface area contributed by atoms with Crippen LogP contribution in [0.25, 0.3) is 0 Å². The second-order valence-electron chi connectivity index (χ2n) is 15.9. The van der Waals surface area contributed by atoms with Crippen molar-refractivity contribution in [3.63, 3.8) is 0 Å². The van der Waals surface area contributed by atoms with Crippen molar-refractivity contribution in [3.8, 4) is 0 Å². The molecule has 4 heterocycles. The van der Waals surface area contributed by atoms with E-state index in [1.54, 1.807) is 43.3 Å². The van der Waals surface area contributed by atoms with Crippen LogP contribution in [0.3, 0.4) is 0 Å². The molecule has 4 aromatic rings. The highest BCUT2D eigenvalue weighted by atomic mass is 32.2. The Morgan fingerprint density at radius 3 is 1.45 bits per heavy atom. The third kappa shape index (κ3) is 11.8. The Morgan fingerprint density at radius 1 is 0.672 bits per heavy atom. The van der Waals surface area contributed by atoms with Gasteiger partial charge in [-0.2, -0.15) is 0 Å². The van der Waals surface area contributed by atoms with Gasteiger partial charge in [0.15, 0.2) is 47.8 Å². The van der Waals surface area contributed by atoms with Crippen LogP contribution in [0.4, 0.5) is 10.3 Å². The second-order valence-corrected chi connectivity index (χ2v) is 22.7. The monoisotopic (exact) mass is 960 g/mol. The molecule has 2 amide bonds. The van der Waals surface area contributed by atoms with Gasteiger partial charge in [-0.3, -0.25) is 20.2 Å². The summed E-state index contributed by atoms with van der Waals surface area (Å²) in [6.07, 6.45) is 3.24. The Bertz CT molecular complexity index is 2490. The molecule has 4 aliphatic rings. The summed E-state index contributed by atoms with van der Waals surface area (Å²) in [6, 6.07) is 12.7. The maximum absolute atomic E-state index is 13.2. The summed E-state index contributed by atoms with van der Waals surface area (Å²) in [5, 5.41) is 14.9. The number of thiazole rings is 2. The first kappa shape index (κ1) is 47.8. The van der Waals surface area contributed by atoms with E-state index in [-0.39, 0.29) is 55.8 Å². The molecule has 17 nitrogen and oxygen atoms in total. The highest BCUT2D eigenvalue weighted by Gasteiger charge is 2.38. The van der Waals surface area contributed by atoms with Crippen molar-refractivity contribution in [3.05, 3.63) is 80.8 Å². The van der Waals surface area contributed by atoms with Crippen molar-refractivity contribution in [2.45, 2.75) is 117 Å². The SMILES string of the molecule is COC(=O)c1nc(NC(=O)C(OC2CCOCC2)c2ccc(S(=O)(=O)C3CC3)cc2)sc1C.Cc1sc(NC(=O)C(OC2CCOCC2)c2ccc(S(=O)(=O)C3CC3)cc2)nc1CO. The molecule has 0 radical (unpaired) electrons. The van der Waals surface area contributed by atoms with Gasteiger partial charge >= 0.3 is 5.97 Å². The summed E-state index contributed by atoms with van der Waals surface area (Å²) in [6.45, 7) is 5.59. The third-order valence-corrected chi connectivity index (χ3v) is 17.5. The van der Waals surface area contributed by atoms with Gasteiger partial charge in [-0.1, -0.05) is 24.3 Å². The number of methoxy groups -OCH3 is 1. The maximum Gasteiger partial charge on any atom is 0.357 e. The summed E-state index contributed by atoms with van der Waals surface area (Å²) >= 11 is 2.45. The number of amides is 2. The Hall–Kier alpha value is -4.19. The minimum Gasteiger partial charge on any atom is -0.464 e. The van der Waals surface area contributed by atoms with E-state index in [1.165, 1.54) is 30.6 Å². The first-order valence-electron chi connectivity index (χ1n) is 21.1. The molecule has 64 heavy (non-hydrogen) atoms. The zero-order chi connectivity index (χ0) is 45.6. The molecule has 2 aliphatic heterocycles. The second kappa shape index (κ2) is 21.0. The number of aliphatic hydroxyl groups is 1. The first-order valence-corrected chi connectivity index (χ1v) is 25.8. The standard InChI is InChI=1S/C22H26N2O7S2.C21H26N2O6S2/c1-13-18(21(26)29-2)23-22(32-13)24-20(25)19(31-15-9-11-30-12-10-15)14-3-5-16(6-4-14)33(27,28)17-7-8-17;1-13-18(12-24)22-21(30-13)23-20(25)19(29-15-8-10-28-11-9-15)14-2-4-16(5-3-14)31(26,27)17-6-7-17/h3-6,15,17,19H,7-12H2,1-2H3,(H,23,24,25);2-5,15,17,19,24H,6-12H2,1H3,(H,22,23,25). The number of nitrogens with zero attached hydrogens (tertiary/aromatic N) is 2. The molecule has 2 saturated carbocycles. The van der Waals surface area contributed by atoms with Gasteiger partial charge in [0.1, 0.15) is 0 Å². The number of sulfone groups is 2. The van der Waals surface area contributed by atoms with Crippen molar-refractivity contribution >= 4 is 70.4 Å². The number of aliphatic hydroxyl groups excluding tert-OH is 1. The number of carbonyl (C=O) groups excluding carboxylic acids is 3. The van der Waals surface area contributed by atoms with Crippen LogP contribution in [0, 0.1) is 13.8 Å². The number of carbonyl (C=O) groups is 3. The molecule has 21 heteroatoms. The molecule has 2 unspecified atom stereocenters. The predicted molar refractivity (Wildman–Crippen MR) is 237 cm³/mol. The summed E-state index contributed by atoms with van der Waals surface area (Å²) in [5.41, 5.74) is 1.79. The lowest BCUT2D eigenvalue weighted by Crippen LogP contribution is -2.31. The minimum absolute atomic E-state index is 0.134. The quantitative estimate of drug-likeness (QED) is 0.113. The summed E-state index contributed by atoms with van der Waals surface area (Å²) in [5.74, 6) is -1.42. The van der Waals surface area contributed by atoms with E-state index >= 15 is 0 Å². The lowest BCUT2D eigenvalue weighted by molar-refractivity contribution is -0.136. The van der Waals surface area contributed by atoms with Crippen molar-refractivity contribution in [1.82, 2.24) is 9.97 Å². The Kier molecular flexibility index (Phi) is 15.7. The van der Waals surface area contributed by atoms with Crippen LogP contribution in [0.2, 0.25) is 0 Å². The first-order chi connectivity index (χ1) is 30.7. The number of aryl methyl sites for hydroxylation is 2. The number of nitrogens with one attached hydrogen (secondary N) is 2. The average molecular weight is 961 g/mol. The van der Waals surface area contributed by atoms with Crippen molar-refractivity contribution in [1.29, 1.82) is 0 Å². The summed E-state index contributed by atoms with van der Waals surface area (Å²) < 4.78 is 77.7. The van der Waals surface area contributed by atoms with Gasteiger partial charge in [-0.25, -0.2) is 31.6 Å². The average Bonchev–Trinajstić information content (AvgIpc) is 4.25. The highest BCUT2D eigenvalue weighted by Crippen LogP contribution is 2.36. The van der Waals surface area contributed by atoms with Gasteiger partial charge in [0.25, 0.3) is 11.8 Å². The molecule has 346 valence electrons. The molecule has 2 aromatic heterocycles. The minimum atomic E-state index is -3.33. The van der Waals surface area contributed by atoms with E-state index in [0.717, 1.165) is 16.2 Å². The number of hydrogen-bond donors (Lipinski definition) is 3. The van der Waals surface area contributed by atoms with Gasteiger partial charge in [-0.05, 0) is 101 Å². The lowest BCUT2D eigenvalue weighted by Gasteiger charge is -2.27. The van der Waals surface area contributed by atoms with Crippen LogP contribution < -0.4 is 10.6 Å². The van der Waals surface area contributed by atoms with Crippen molar-refractivity contribution in [2.24, 2.45) is 0 Å². The van der Waals surface area contributed by atoms with E-state index in [1.807, 2.05) is 6.92 Å². The lowest BCUT2D eigenvalue weighted by atomic mass is 10.1. The van der Waals surface area contributed by atoms with E-state index in [2.05, 4.69) is 20.6 Å². The topological polar surface area (TPSA) is 236 Å². The molecular formula is C43H52N4O13S4. The molecule has 8 rings (SSSR count). The fraction of sp³-hybridized carbons (Fsp3) is 0.512. The van der Waals surface area contributed by atoms with Crippen LogP contribution in [0.5, 0.6) is 0 Å². The fourth-order valence-corrected chi connectivity index (χ4v) is 12.0. The Morgan fingerprint density at radius 2 is 1.08 bits per heavy atom. The van der Waals surface area contributed by atoms with Gasteiger partial charge in [0, 0.05) is 36.2 Å². The molecule has 3 N–H and O–H groups in total. The number of hydrogen-bond acceptors (Lipinski definition) is 17. The van der Waals surface area contributed by atoms with E-state index in [4.69, 9.17) is 23.7 Å². The molecule has 4 fully saturated rings. The van der Waals surface area contributed by atoms with Gasteiger partial charge < -0.3 is 28.8 Å². The number of ether oxygens (including phenoxy) is 5.